The van der Waals surface area contributed by atoms with E-state index in [0.29, 0.717) is 19.0 Å². The molecule has 0 spiro atoms. The van der Waals surface area contributed by atoms with Crippen LogP contribution >= 0.6 is 0 Å². The van der Waals surface area contributed by atoms with Crippen LogP contribution < -0.4 is 4.74 Å². The maximum atomic E-state index is 12.5. The van der Waals surface area contributed by atoms with Crippen molar-refractivity contribution in [1.82, 2.24) is 14.9 Å². The molecule has 1 atom stereocenters. The predicted octanol–water partition coefficient (Wildman–Crippen LogP) is 2.55. The molecule has 31 heavy (non-hydrogen) atoms. The van der Waals surface area contributed by atoms with E-state index in [1.165, 1.54) is 19.3 Å². The number of hydrogen-bond donors (Lipinski definition) is 0. The minimum atomic E-state index is -3.38. The van der Waals surface area contributed by atoms with Gasteiger partial charge in [-0.25, -0.2) is 27.6 Å². The van der Waals surface area contributed by atoms with Crippen molar-refractivity contribution >= 4 is 15.9 Å². The number of aromatic nitrogens is 2. The van der Waals surface area contributed by atoms with E-state index in [1.54, 1.807) is 4.90 Å². The van der Waals surface area contributed by atoms with E-state index in [2.05, 4.69) is 9.97 Å². The fourth-order valence-corrected chi connectivity index (χ4v) is 4.23. The Labute approximate surface area is 182 Å². The standard InChI is InChI=1S/C20H30FN3O6S/c1-14(11-21)28-20(25)24-9-7-17(8-10-24)29-15-3-5-16(6-4-15)30-18-12-23-19(13-22-18)31(2,26)27/h12-17H,3-11H2,1-2H3/t14?,15-,16-. The molecule has 1 aromatic rings. The van der Waals surface area contributed by atoms with Crippen LogP contribution in [0.5, 0.6) is 5.88 Å². The van der Waals surface area contributed by atoms with Gasteiger partial charge >= 0.3 is 6.09 Å². The average molecular weight is 460 g/mol. The van der Waals surface area contributed by atoms with E-state index in [0.717, 1.165) is 44.8 Å². The molecule has 0 radical (unpaired) electrons. The number of ether oxygens (including phenoxy) is 3. The molecule has 174 valence electrons. The van der Waals surface area contributed by atoms with E-state index in [9.17, 15) is 17.6 Å². The van der Waals surface area contributed by atoms with Crippen molar-refractivity contribution in [2.75, 3.05) is 26.0 Å². The largest absolute Gasteiger partial charge is 0.473 e. The van der Waals surface area contributed by atoms with E-state index >= 15 is 0 Å². The highest BCUT2D eigenvalue weighted by Gasteiger charge is 2.29. The second kappa shape index (κ2) is 10.5. The van der Waals surface area contributed by atoms with Crippen LogP contribution in [-0.2, 0) is 19.3 Å². The number of amides is 1. The van der Waals surface area contributed by atoms with E-state index in [-0.39, 0.29) is 23.3 Å². The lowest BCUT2D eigenvalue weighted by atomic mass is 9.94. The summed E-state index contributed by atoms with van der Waals surface area (Å²) in [6.45, 7) is 1.94. The van der Waals surface area contributed by atoms with Gasteiger partial charge in [0, 0.05) is 19.3 Å². The molecule has 1 aromatic heterocycles. The molecule has 1 unspecified atom stereocenters. The SMILES string of the molecule is CC(CF)OC(=O)N1CCC(O[C@H]2CC[C@H](Oc3cnc(S(C)(=O)=O)cn3)CC2)CC1. The number of hydrogen-bond acceptors (Lipinski definition) is 8. The van der Waals surface area contributed by atoms with Crippen molar-refractivity contribution < 1.29 is 31.8 Å². The minimum Gasteiger partial charge on any atom is -0.473 e. The monoisotopic (exact) mass is 459 g/mol. The number of rotatable bonds is 7. The molecule has 1 saturated carbocycles. The Morgan fingerprint density at radius 2 is 1.71 bits per heavy atom. The minimum absolute atomic E-state index is 0.00709. The zero-order valence-corrected chi connectivity index (χ0v) is 18.7. The van der Waals surface area contributed by atoms with Gasteiger partial charge in [-0.2, -0.15) is 0 Å². The van der Waals surface area contributed by atoms with Crippen LogP contribution in [0.25, 0.3) is 0 Å². The number of alkyl halides is 1. The molecule has 0 aromatic carbocycles. The van der Waals surface area contributed by atoms with Gasteiger partial charge in [0.25, 0.3) is 0 Å². The summed E-state index contributed by atoms with van der Waals surface area (Å²) in [6.07, 6.45) is 7.49. The van der Waals surface area contributed by atoms with Gasteiger partial charge in [0.2, 0.25) is 5.88 Å². The highest BCUT2D eigenvalue weighted by atomic mass is 32.2. The number of sulfone groups is 1. The molecule has 2 fully saturated rings. The number of piperidine rings is 1. The molecule has 2 heterocycles. The van der Waals surface area contributed by atoms with Crippen LogP contribution in [0.1, 0.15) is 45.4 Å². The highest BCUT2D eigenvalue weighted by molar-refractivity contribution is 7.90. The van der Waals surface area contributed by atoms with Gasteiger partial charge in [-0.05, 0) is 45.4 Å². The lowest BCUT2D eigenvalue weighted by Gasteiger charge is -2.35. The first-order valence-electron chi connectivity index (χ1n) is 10.6. The molecule has 9 nitrogen and oxygen atoms in total. The average Bonchev–Trinajstić information content (AvgIpc) is 2.75. The molecule has 1 saturated heterocycles. The zero-order valence-electron chi connectivity index (χ0n) is 17.9. The van der Waals surface area contributed by atoms with Crippen LogP contribution in [0.3, 0.4) is 0 Å². The first-order valence-corrected chi connectivity index (χ1v) is 12.5. The maximum absolute atomic E-state index is 12.5. The molecule has 0 N–H and O–H groups in total. The number of carbonyl (C=O) groups is 1. The Morgan fingerprint density at radius 1 is 1.10 bits per heavy atom. The third-order valence-electron chi connectivity index (χ3n) is 5.50. The van der Waals surface area contributed by atoms with Crippen LogP contribution in [-0.4, -0.2) is 79.8 Å². The topological polar surface area (TPSA) is 108 Å². The van der Waals surface area contributed by atoms with Crippen molar-refractivity contribution in [2.24, 2.45) is 0 Å². The van der Waals surface area contributed by atoms with Gasteiger partial charge in [0.05, 0.1) is 24.6 Å². The van der Waals surface area contributed by atoms with Crippen LogP contribution in [0.2, 0.25) is 0 Å². The fraction of sp³-hybridized carbons (Fsp3) is 0.750. The molecular weight excluding hydrogens is 429 g/mol. The zero-order chi connectivity index (χ0) is 22.4. The van der Waals surface area contributed by atoms with Gasteiger partial charge in [0.1, 0.15) is 18.9 Å². The number of nitrogens with zero attached hydrogens (tertiary/aromatic N) is 3. The molecule has 3 rings (SSSR count). The number of halogens is 1. The van der Waals surface area contributed by atoms with Crippen LogP contribution in [0.15, 0.2) is 17.4 Å². The van der Waals surface area contributed by atoms with Gasteiger partial charge in [-0.15, -0.1) is 0 Å². The Hall–Kier alpha value is -2.01. The van der Waals surface area contributed by atoms with Crippen LogP contribution in [0, 0.1) is 0 Å². The van der Waals surface area contributed by atoms with Gasteiger partial charge in [-0.3, -0.25) is 0 Å². The molecule has 2 aliphatic rings. The van der Waals surface area contributed by atoms with Crippen molar-refractivity contribution in [3.8, 4) is 5.88 Å². The molecule has 1 aliphatic carbocycles. The smallest absolute Gasteiger partial charge is 0.410 e. The maximum Gasteiger partial charge on any atom is 0.410 e. The molecule has 0 bridgehead atoms. The Kier molecular flexibility index (Phi) is 8.04. The first kappa shape index (κ1) is 23.6. The second-order valence-corrected chi connectivity index (χ2v) is 10.1. The second-order valence-electron chi connectivity index (χ2n) is 8.15. The lowest BCUT2D eigenvalue weighted by Crippen LogP contribution is -2.43. The molecule has 1 aliphatic heterocycles. The normalized spacial score (nSPS) is 23.9. The number of likely N-dealkylation sites (tertiary alicyclic amines) is 1. The van der Waals surface area contributed by atoms with Crippen LogP contribution in [0.4, 0.5) is 9.18 Å². The van der Waals surface area contributed by atoms with E-state index in [4.69, 9.17) is 14.2 Å². The summed E-state index contributed by atoms with van der Waals surface area (Å²) >= 11 is 0. The summed E-state index contributed by atoms with van der Waals surface area (Å²) in [5.74, 6) is 0.318. The van der Waals surface area contributed by atoms with Gasteiger partial charge in [0.15, 0.2) is 14.9 Å². The molecule has 11 heteroatoms. The third-order valence-corrected chi connectivity index (χ3v) is 6.47. The van der Waals surface area contributed by atoms with Gasteiger partial charge < -0.3 is 19.1 Å². The summed E-state index contributed by atoms with van der Waals surface area (Å²) in [6, 6.07) is 0. The Morgan fingerprint density at radius 3 is 2.26 bits per heavy atom. The molecular formula is C20H30FN3O6S. The van der Waals surface area contributed by atoms with Crippen molar-refractivity contribution in [2.45, 2.75) is 74.9 Å². The quantitative estimate of drug-likeness (QED) is 0.612. The predicted molar refractivity (Wildman–Crippen MR) is 109 cm³/mol. The Bertz CT molecular complexity index is 822. The molecule has 1 amide bonds. The summed E-state index contributed by atoms with van der Waals surface area (Å²) < 4.78 is 52.5. The van der Waals surface area contributed by atoms with Crippen molar-refractivity contribution in [1.29, 1.82) is 0 Å². The fourth-order valence-electron chi connectivity index (χ4n) is 3.74. The number of carbonyl (C=O) groups excluding carboxylic acids is 1. The first-order chi connectivity index (χ1) is 14.7. The lowest BCUT2D eigenvalue weighted by molar-refractivity contribution is -0.0663. The highest BCUT2D eigenvalue weighted by Crippen LogP contribution is 2.27. The summed E-state index contributed by atoms with van der Waals surface area (Å²) in [7, 11) is -3.38. The van der Waals surface area contributed by atoms with Crippen molar-refractivity contribution in [3.05, 3.63) is 12.4 Å². The Balaban J connectivity index is 1.37. The van der Waals surface area contributed by atoms with Crippen molar-refractivity contribution in [3.63, 3.8) is 0 Å². The summed E-state index contributed by atoms with van der Waals surface area (Å²) in [4.78, 5) is 21.5. The van der Waals surface area contributed by atoms with E-state index in [1.807, 2.05) is 0 Å². The summed E-state index contributed by atoms with van der Waals surface area (Å²) in [5, 5.41) is -0.0757. The third kappa shape index (κ3) is 6.99. The summed E-state index contributed by atoms with van der Waals surface area (Å²) in [5.41, 5.74) is 0. The van der Waals surface area contributed by atoms with Gasteiger partial charge in [-0.1, -0.05) is 0 Å². The van der Waals surface area contributed by atoms with E-state index < -0.39 is 28.7 Å².